The molecule has 0 saturated carbocycles. The van der Waals surface area contributed by atoms with Crippen LogP contribution in [0.5, 0.6) is 0 Å². The first-order valence-corrected chi connectivity index (χ1v) is 10.3. The summed E-state index contributed by atoms with van der Waals surface area (Å²) in [6, 6.07) is 13.7. The Labute approximate surface area is 167 Å². The SMILES string of the molecule is Cc1ccc(-c2csc3nc(Cn4nnc(-c5ccccc5)n4)[nH]c(=O)c23)s1. The van der Waals surface area contributed by atoms with E-state index in [9.17, 15) is 4.79 Å². The summed E-state index contributed by atoms with van der Waals surface area (Å²) in [5.41, 5.74) is 1.68. The Morgan fingerprint density at radius 1 is 1.14 bits per heavy atom. The number of rotatable bonds is 4. The van der Waals surface area contributed by atoms with E-state index in [-0.39, 0.29) is 12.1 Å². The molecule has 0 atom stereocenters. The maximum atomic E-state index is 12.7. The van der Waals surface area contributed by atoms with Gasteiger partial charge in [0, 0.05) is 26.3 Å². The van der Waals surface area contributed by atoms with Gasteiger partial charge in [-0.3, -0.25) is 4.79 Å². The Hall–Kier alpha value is -3.17. The second-order valence-corrected chi connectivity index (χ2v) is 8.41. The van der Waals surface area contributed by atoms with Crippen LogP contribution in [0.1, 0.15) is 10.7 Å². The molecule has 0 bridgehead atoms. The number of aromatic amines is 1. The first kappa shape index (κ1) is 17.0. The quantitative estimate of drug-likeness (QED) is 0.491. The molecule has 0 radical (unpaired) electrons. The van der Waals surface area contributed by atoms with Crippen LogP contribution in [0.15, 0.2) is 52.6 Å². The third-order valence-electron chi connectivity index (χ3n) is 4.27. The summed E-state index contributed by atoms with van der Waals surface area (Å²) < 4.78 is 0. The van der Waals surface area contributed by atoms with Crippen LogP contribution in [0, 0.1) is 6.92 Å². The molecule has 4 aromatic heterocycles. The number of hydrogen-bond donors (Lipinski definition) is 1. The summed E-state index contributed by atoms with van der Waals surface area (Å²) in [5, 5.41) is 15.2. The highest BCUT2D eigenvalue weighted by atomic mass is 32.1. The molecule has 0 amide bonds. The maximum absolute atomic E-state index is 12.7. The Balaban J connectivity index is 1.48. The van der Waals surface area contributed by atoms with Crippen molar-refractivity contribution in [1.29, 1.82) is 0 Å². The van der Waals surface area contributed by atoms with E-state index >= 15 is 0 Å². The first-order chi connectivity index (χ1) is 13.7. The van der Waals surface area contributed by atoms with Gasteiger partial charge in [-0.05, 0) is 24.3 Å². The van der Waals surface area contributed by atoms with Gasteiger partial charge in [-0.25, -0.2) is 4.98 Å². The van der Waals surface area contributed by atoms with Crippen LogP contribution in [0.4, 0.5) is 0 Å². The van der Waals surface area contributed by atoms with Crippen LogP contribution in [0.2, 0.25) is 0 Å². The standard InChI is InChI=1S/C19H14N6OS2/c1-11-7-8-14(28-11)13-10-27-19-16(13)18(26)20-15(21-19)9-25-23-17(22-24-25)12-5-3-2-4-6-12/h2-8,10H,9H2,1H3,(H,20,21,26). The van der Waals surface area contributed by atoms with E-state index in [0.717, 1.165) is 16.0 Å². The first-order valence-electron chi connectivity index (χ1n) is 8.58. The van der Waals surface area contributed by atoms with Crippen LogP contribution >= 0.6 is 22.7 Å². The Kier molecular flexibility index (Phi) is 4.10. The van der Waals surface area contributed by atoms with E-state index in [1.807, 2.05) is 41.8 Å². The highest BCUT2D eigenvalue weighted by molar-refractivity contribution is 7.19. The number of tetrazole rings is 1. The number of thiophene rings is 2. The molecule has 5 aromatic rings. The summed E-state index contributed by atoms with van der Waals surface area (Å²) in [4.78, 5) is 24.6. The molecular formula is C19H14N6OS2. The number of aryl methyl sites for hydroxylation is 1. The molecule has 4 heterocycles. The van der Waals surface area contributed by atoms with Crippen LogP contribution in [0.25, 0.3) is 32.0 Å². The fourth-order valence-electron chi connectivity index (χ4n) is 2.98. The number of benzene rings is 1. The summed E-state index contributed by atoms with van der Waals surface area (Å²) >= 11 is 3.14. The van der Waals surface area contributed by atoms with E-state index in [0.29, 0.717) is 21.9 Å². The van der Waals surface area contributed by atoms with Gasteiger partial charge < -0.3 is 4.98 Å². The van der Waals surface area contributed by atoms with E-state index in [1.54, 1.807) is 11.3 Å². The topological polar surface area (TPSA) is 89.3 Å². The van der Waals surface area contributed by atoms with Gasteiger partial charge >= 0.3 is 0 Å². The zero-order valence-corrected chi connectivity index (χ0v) is 16.4. The highest BCUT2D eigenvalue weighted by Gasteiger charge is 2.15. The van der Waals surface area contributed by atoms with Crippen LogP contribution in [-0.2, 0) is 6.54 Å². The zero-order valence-electron chi connectivity index (χ0n) is 14.8. The third kappa shape index (κ3) is 3.04. The van der Waals surface area contributed by atoms with Gasteiger partial charge in [-0.2, -0.15) is 4.80 Å². The molecule has 0 aliphatic heterocycles. The lowest BCUT2D eigenvalue weighted by atomic mass is 10.2. The fraction of sp³-hybridized carbons (Fsp3) is 0.105. The minimum absolute atomic E-state index is 0.147. The van der Waals surface area contributed by atoms with Crippen molar-refractivity contribution in [2.75, 3.05) is 0 Å². The second kappa shape index (κ2) is 6.77. The highest BCUT2D eigenvalue weighted by Crippen LogP contribution is 2.34. The van der Waals surface area contributed by atoms with Crippen LogP contribution in [-0.4, -0.2) is 30.2 Å². The minimum Gasteiger partial charge on any atom is -0.308 e. The predicted octanol–water partition coefficient (Wildman–Crippen LogP) is 3.72. The molecule has 5 rings (SSSR count). The van der Waals surface area contributed by atoms with Crippen molar-refractivity contribution in [2.24, 2.45) is 0 Å². The lowest BCUT2D eigenvalue weighted by molar-refractivity contribution is 0.555. The molecule has 28 heavy (non-hydrogen) atoms. The number of aromatic nitrogens is 6. The molecule has 0 aliphatic rings. The Bertz CT molecular complexity index is 1330. The lowest BCUT2D eigenvalue weighted by Gasteiger charge is -2.00. The van der Waals surface area contributed by atoms with Gasteiger partial charge in [-0.1, -0.05) is 30.3 Å². The van der Waals surface area contributed by atoms with Gasteiger partial charge in [0.1, 0.15) is 17.2 Å². The van der Waals surface area contributed by atoms with Crippen molar-refractivity contribution in [3.8, 4) is 21.8 Å². The smallest absolute Gasteiger partial charge is 0.260 e. The number of H-pyrrole nitrogens is 1. The number of nitrogens with zero attached hydrogens (tertiary/aromatic N) is 5. The fourth-order valence-corrected chi connectivity index (χ4v) is 4.90. The van der Waals surface area contributed by atoms with Crippen molar-refractivity contribution in [2.45, 2.75) is 13.5 Å². The molecule has 0 unspecified atom stereocenters. The number of hydrogen-bond acceptors (Lipinski definition) is 7. The average Bonchev–Trinajstić information content (AvgIpc) is 3.42. The van der Waals surface area contributed by atoms with Gasteiger partial charge in [-0.15, -0.1) is 32.9 Å². The molecule has 1 N–H and O–H groups in total. The average molecular weight is 406 g/mol. The van der Waals surface area contributed by atoms with Crippen LogP contribution < -0.4 is 5.56 Å². The van der Waals surface area contributed by atoms with Crippen molar-refractivity contribution in [3.63, 3.8) is 0 Å². The van der Waals surface area contributed by atoms with Crippen molar-refractivity contribution in [1.82, 2.24) is 30.2 Å². The third-order valence-corrected chi connectivity index (χ3v) is 6.18. The lowest BCUT2D eigenvalue weighted by Crippen LogP contribution is -2.15. The molecule has 0 fully saturated rings. The van der Waals surface area contributed by atoms with E-state index in [1.165, 1.54) is 21.0 Å². The van der Waals surface area contributed by atoms with Gasteiger partial charge in [0.25, 0.3) is 5.56 Å². The number of nitrogens with one attached hydrogen (secondary N) is 1. The molecule has 7 nitrogen and oxygen atoms in total. The monoisotopic (exact) mass is 406 g/mol. The van der Waals surface area contributed by atoms with Gasteiger partial charge in [0.05, 0.1) is 5.39 Å². The summed E-state index contributed by atoms with van der Waals surface area (Å²) in [6.07, 6.45) is 0. The Morgan fingerprint density at radius 2 is 2.00 bits per heavy atom. The van der Waals surface area contributed by atoms with E-state index < -0.39 is 0 Å². The predicted molar refractivity (Wildman–Crippen MR) is 111 cm³/mol. The van der Waals surface area contributed by atoms with Crippen molar-refractivity contribution in [3.05, 3.63) is 68.9 Å². The molecule has 1 aromatic carbocycles. The zero-order chi connectivity index (χ0) is 19.1. The molecule has 9 heteroatoms. The number of fused-ring (bicyclic) bond motifs is 1. The normalized spacial score (nSPS) is 11.3. The van der Waals surface area contributed by atoms with E-state index in [4.69, 9.17) is 0 Å². The molecular weight excluding hydrogens is 392 g/mol. The van der Waals surface area contributed by atoms with Crippen molar-refractivity contribution < 1.29 is 0 Å². The molecule has 0 spiro atoms. The van der Waals surface area contributed by atoms with Gasteiger partial charge in [0.2, 0.25) is 5.82 Å². The van der Waals surface area contributed by atoms with E-state index in [2.05, 4.69) is 38.4 Å². The van der Waals surface area contributed by atoms with Gasteiger partial charge in [0.15, 0.2) is 0 Å². The van der Waals surface area contributed by atoms with Crippen molar-refractivity contribution >= 4 is 32.9 Å². The summed E-state index contributed by atoms with van der Waals surface area (Å²) in [6.45, 7) is 2.30. The molecule has 138 valence electrons. The minimum atomic E-state index is -0.147. The molecule has 0 saturated heterocycles. The Morgan fingerprint density at radius 3 is 2.79 bits per heavy atom. The molecule has 0 aliphatic carbocycles. The van der Waals surface area contributed by atoms with Crippen LogP contribution in [0.3, 0.4) is 0 Å². The maximum Gasteiger partial charge on any atom is 0.260 e. The second-order valence-electron chi connectivity index (χ2n) is 6.26. The summed E-state index contributed by atoms with van der Waals surface area (Å²) in [5.74, 6) is 1.04. The largest absolute Gasteiger partial charge is 0.308 e. The summed E-state index contributed by atoms with van der Waals surface area (Å²) in [7, 11) is 0.